The van der Waals surface area contributed by atoms with E-state index < -0.39 is 0 Å². The van der Waals surface area contributed by atoms with Crippen molar-refractivity contribution in [2.45, 2.75) is 31.6 Å². The lowest BCUT2D eigenvalue weighted by Gasteiger charge is -1.95. The minimum Gasteiger partial charge on any atom is -0.303 e. The van der Waals surface area contributed by atoms with Crippen LogP contribution in [0.25, 0.3) is 0 Å². The summed E-state index contributed by atoms with van der Waals surface area (Å²) in [6.07, 6.45) is 3.51. The summed E-state index contributed by atoms with van der Waals surface area (Å²) in [5, 5.41) is 3.23. The molecule has 64 valence electrons. The molecule has 0 amide bonds. The Morgan fingerprint density at radius 3 is 3.08 bits per heavy atom. The largest absolute Gasteiger partial charge is 0.303 e. The van der Waals surface area contributed by atoms with Gasteiger partial charge in [-0.3, -0.25) is 0 Å². The van der Waals surface area contributed by atoms with E-state index >= 15 is 0 Å². The lowest BCUT2D eigenvalue weighted by molar-refractivity contribution is -0.108. The van der Waals surface area contributed by atoms with Crippen molar-refractivity contribution >= 4 is 17.6 Å². The molecule has 2 rings (SSSR count). The molecule has 12 heavy (non-hydrogen) atoms. The standard InChI is InChI=1S/C9H11NOS/c1-6(4-11)8-5-12-9(10-8)7-2-3-7/h4-7H,2-3H2,1H3. The Morgan fingerprint density at radius 2 is 2.50 bits per heavy atom. The van der Waals surface area contributed by atoms with Crippen LogP contribution in [-0.4, -0.2) is 11.3 Å². The van der Waals surface area contributed by atoms with Gasteiger partial charge in [-0.1, -0.05) is 6.92 Å². The third-order valence-corrected chi connectivity index (χ3v) is 3.16. The van der Waals surface area contributed by atoms with Crippen molar-refractivity contribution in [1.82, 2.24) is 4.98 Å². The summed E-state index contributed by atoms with van der Waals surface area (Å²) in [6, 6.07) is 0. The molecule has 0 bridgehead atoms. The number of rotatable bonds is 3. The normalized spacial score (nSPS) is 19.1. The van der Waals surface area contributed by atoms with Crippen molar-refractivity contribution in [1.29, 1.82) is 0 Å². The van der Waals surface area contributed by atoms with Gasteiger partial charge in [0.1, 0.15) is 6.29 Å². The Balaban J connectivity index is 2.17. The maximum atomic E-state index is 10.5. The summed E-state index contributed by atoms with van der Waals surface area (Å²) >= 11 is 1.69. The van der Waals surface area contributed by atoms with E-state index in [0.717, 1.165) is 12.0 Å². The molecule has 1 heterocycles. The van der Waals surface area contributed by atoms with Crippen LogP contribution in [0, 0.1) is 0 Å². The molecule has 0 N–H and O–H groups in total. The number of nitrogens with zero attached hydrogens (tertiary/aromatic N) is 1. The van der Waals surface area contributed by atoms with Crippen LogP contribution in [0.15, 0.2) is 5.38 Å². The SMILES string of the molecule is CC(C=O)c1csc(C2CC2)n1. The highest BCUT2D eigenvalue weighted by atomic mass is 32.1. The van der Waals surface area contributed by atoms with Gasteiger partial charge < -0.3 is 4.79 Å². The average molecular weight is 181 g/mol. The Bertz CT molecular complexity index is 290. The minimum absolute atomic E-state index is 0.0336. The number of aromatic nitrogens is 1. The van der Waals surface area contributed by atoms with E-state index in [2.05, 4.69) is 4.98 Å². The van der Waals surface area contributed by atoms with Crippen molar-refractivity contribution in [2.75, 3.05) is 0 Å². The van der Waals surface area contributed by atoms with Crippen LogP contribution in [0.2, 0.25) is 0 Å². The topological polar surface area (TPSA) is 30.0 Å². The van der Waals surface area contributed by atoms with E-state index in [1.54, 1.807) is 11.3 Å². The third kappa shape index (κ3) is 1.41. The van der Waals surface area contributed by atoms with Crippen molar-refractivity contribution in [3.05, 3.63) is 16.1 Å². The maximum Gasteiger partial charge on any atom is 0.128 e. The fraction of sp³-hybridized carbons (Fsp3) is 0.556. The molecule has 1 atom stereocenters. The van der Waals surface area contributed by atoms with Gasteiger partial charge in [0.2, 0.25) is 0 Å². The second kappa shape index (κ2) is 2.98. The predicted octanol–water partition coefficient (Wildman–Crippen LogP) is 2.32. The summed E-state index contributed by atoms with van der Waals surface area (Å²) in [4.78, 5) is 14.9. The highest BCUT2D eigenvalue weighted by molar-refractivity contribution is 7.09. The van der Waals surface area contributed by atoms with Crippen molar-refractivity contribution in [3.8, 4) is 0 Å². The highest BCUT2D eigenvalue weighted by Crippen LogP contribution is 2.41. The summed E-state index contributed by atoms with van der Waals surface area (Å²) in [7, 11) is 0. The maximum absolute atomic E-state index is 10.5. The first-order valence-corrected chi connectivity index (χ1v) is 5.10. The smallest absolute Gasteiger partial charge is 0.128 e. The summed E-state index contributed by atoms with van der Waals surface area (Å²) in [5.74, 6) is 0.677. The van der Waals surface area contributed by atoms with Gasteiger partial charge in [0.05, 0.1) is 16.6 Å². The Kier molecular flexibility index (Phi) is 1.97. The highest BCUT2D eigenvalue weighted by Gasteiger charge is 2.27. The Labute approximate surface area is 75.6 Å². The molecular weight excluding hydrogens is 170 g/mol. The van der Waals surface area contributed by atoms with Crippen molar-refractivity contribution < 1.29 is 4.79 Å². The van der Waals surface area contributed by atoms with Crippen LogP contribution in [-0.2, 0) is 4.79 Å². The molecule has 0 radical (unpaired) electrons. The molecule has 0 saturated heterocycles. The molecule has 1 unspecified atom stereocenters. The number of carbonyl (C=O) groups is 1. The van der Waals surface area contributed by atoms with Gasteiger partial charge in [-0.05, 0) is 12.8 Å². The summed E-state index contributed by atoms with van der Waals surface area (Å²) in [5.41, 5.74) is 0.942. The first-order valence-electron chi connectivity index (χ1n) is 4.22. The molecule has 0 aromatic carbocycles. The first kappa shape index (κ1) is 7.92. The van der Waals surface area contributed by atoms with Gasteiger partial charge in [-0.25, -0.2) is 4.98 Å². The molecule has 1 aromatic heterocycles. The molecule has 1 saturated carbocycles. The third-order valence-electron chi connectivity index (χ3n) is 2.14. The molecule has 2 nitrogen and oxygen atoms in total. The van der Waals surface area contributed by atoms with E-state index in [1.807, 2.05) is 12.3 Å². The zero-order chi connectivity index (χ0) is 8.55. The van der Waals surface area contributed by atoms with Crippen LogP contribution in [0.4, 0.5) is 0 Å². The van der Waals surface area contributed by atoms with Crippen LogP contribution in [0.3, 0.4) is 0 Å². The van der Waals surface area contributed by atoms with E-state index in [9.17, 15) is 4.79 Å². The van der Waals surface area contributed by atoms with Gasteiger partial charge in [-0.2, -0.15) is 0 Å². The number of aldehydes is 1. The molecule has 0 aliphatic heterocycles. The van der Waals surface area contributed by atoms with Crippen LogP contribution in [0.1, 0.15) is 42.3 Å². The second-order valence-electron chi connectivity index (χ2n) is 3.31. The first-order chi connectivity index (χ1) is 5.81. The van der Waals surface area contributed by atoms with Crippen molar-refractivity contribution in [3.63, 3.8) is 0 Å². The van der Waals surface area contributed by atoms with E-state index in [-0.39, 0.29) is 5.92 Å². The molecule has 1 aliphatic rings. The van der Waals surface area contributed by atoms with Gasteiger partial charge in [0.25, 0.3) is 0 Å². The van der Waals surface area contributed by atoms with Crippen LogP contribution < -0.4 is 0 Å². The molecule has 3 heteroatoms. The lowest BCUT2D eigenvalue weighted by atomic mass is 10.1. The van der Waals surface area contributed by atoms with Gasteiger partial charge in [0.15, 0.2) is 0 Å². The van der Waals surface area contributed by atoms with E-state index in [0.29, 0.717) is 5.92 Å². The molecular formula is C9H11NOS. The zero-order valence-corrected chi connectivity index (χ0v) is 7.80. The van der Waals surface area contributed by atoms with Gasteiger partial charge in [-0.15, -0.1) is 11.3 Å². The molecule has 1 aromatic rings. The second-order valence-corrected chi connectivity index (χ2v) is 4.20. The van der Waals surface area contributed by atoms with Crippen LogP contribution in [0.5, 0.6) is 0 Å². The fourth-order valence-electron chi connectivity index (χ4n) is 1.10. The lowest BCUT2D eigenvalue weighted by Crippen LogP contribution is -1.94. The van der Waals surface area contributed by atoms with Gasteiger partial charge in [0, 0.05) is 11.3 Å². The number of hydrogen-bond acceptors (Lipinski definition) is 3. The van der Waals surface area contributed by atoms with Gasteiger partial charge >= 0.3 is 0 Å². The summed E-state index contributed by atoms with van der Waals surface area (Å²) < 4.78 is 0. The number of thiazole rings is 1. The molecule has 1 aliphatic carbocycles. The molecule has 0 spiro atoms. The summed E-state index contributed by atoms with van der Waals surface area (Å²) in [6.45, 7) is 1.89. The minimum atomic E-state index is -0.0336. The average Bonchev–Trinajstić information content (AvgIpc) is 2.83. The van der Waals surface area contributed by atoms with Crippen molar-refractivity contribution in [2.24, 2.45) is 0 Å². The predicted molar refractivity (Wildman–Crippen MR) is 48.6 cm³/mol. The van der Waals surface area contributed by atoms with E-state index in [1.165, 1.54) is 17.8 Å². The monoisotopic (exact) mass is 181 g/mol. The Hall–Kier alpha value is -0.700. The number of hydrogen-bond donors (Lipinski definition) is 0. The van der Waals surface area contributed by atoms with Crippen LogP contribution >= 0.6 is 11.3 Å². The Morgan fingerprint density at radius 1 is 1.75 bits per heavy atom. The number of carbonyl (C=O) groups excluding carboxylic acids is 1. The quantitative estimate of drug-likeness (QED) is 0.670. The zero-order valence-electron chi connectivity index (χ0n) is 6.99. The van der Waals surface area contributed by atoms with E-state index in [4.69, 9.17) is 0 Å². The molecule has 1 fully saturated rings. The fourth-order valence-corrected chi connectivity index (χ4v) is 2.19.